The minimum atomic E-state index is 0.192. The number of hydrogen-bond acceptors (Lipinski definition) is 3. The quantitative estimate of drug-likeness (QED) is 0.719. The molecule has 0 aromatic carbocycles. The summed E-state index contributed by atoms with van der Waals surface area (Å²) in [5, 5.41) is 3.32. The van der Waals surface area contributed by atoms with E-state index >= 15 is 0 Å². The van der Waals surface area contributed by atoms with Gasteiger partial charge in [0.25, 0.3) is 0 Å². The molecule has 4 heteroatoms. The summed E-state index contributed by atoms with van der Waals surface area (Å²) in [5.74, 6) is 1.03. The highest BCUT2D eigenvalue weighted by molar-refractivity contribution is 5.80. The van der Waals surface area contributed by atoms with Gasteiger partial charge in [0.2, 0.25) is 5.91 Å². The van der Waals surface area contributed by atoms with Crippen LogP contribution in [0.2, 0.25) is 0 Å². The summed E-state index contributed by atoms with van der Waals surface area (Å²) < 4.78 is 0. The monoisotopic (exact) mass is 239 g/mol. The van der Waals surface area contributed by atoms with Crippen LogP contribution in [0, 0.1) is 11.8 Å². The fraction of sp³-hybridized carbons (Fsp3) is 0.923. The fourth-order valence-electron chi connectivity index (χ4n) is 2.96. The van der Waals surface area contributed by atoms with Crippen LogP contribution in [0.4, 0.5) is 0 Å². The highest BCUT2D eigenvalue weighted by atomic mass is 16.2. The number of rotatable bonds is 1. The molecular weight excluding hydrogens is 214 g/mol. The van der Waals surface area contributed by atoms with Gasteiger partial charge in [-0.3, -0.25) is 9.69 Å². The summed E-state index contributed by atoms with van der Waals surface area (Å²) in [6.45, 7) is 10.2. The molecule has 0 saturated carbocycles. The molecule has 4 unspecified atom stereocenters. The molecule has 98 valence electrons. The van der Waals surface area contributed by atoms with E-state index in [4.69, 9.17) is 0 Å². The first kappa shape index (κ1) is 12.8. The van der Waals surface area contributed by atoms with Crippen LogP contribution >= 0.6 is 0 Å². The minimum absolute atomic E-state index is 0.192. The fourth-order valence-corrected chi connectivity index (χ4v) is 2.96. The zero-order valence-electron chi connectivity index (χ0n) is 11.4. The van der Waals surface area contributed by atoms with E-state index in [0.717, 1.165) is 26.2 Å². The lowest BCUT2D eigenvalue weighted by Gasteiger charge is -2.43. The number of amides is 1. The van der Waals surface area contributed by atoms with Gasteiger partial charge in [-0.25, -0.2) is 0 Å². The van der Waals surface area contributed by atoms with Crippen molar-refractivity contribution < 1.29 is 4.79 Å². The van der Waals surface area contributed by atoms with E-state index in [9.17, 15) is 4.79 Å². The van der Waals surface area contributed by atoms with Crippen molar-refractivity contribution in [3.63, 3.8) is 0 Å². The molecule has 4 atom stereocenters. The molecule has 2 aliphatic heterocycles. The van der Waals surface area contributed by atoms with E-state index in [2.05, 4.69) is 42.9 Å². The molecule has 2 rings (SSSR count). The van der Waals surface area contributed by atoms with Gasteiger partial charge in [-0.1, -0.05) is 6.92 Å². The van der Waals surface area contributed by atoms with Crippen LogP contribution in [0.1, 0.15) is 20.8 Å². The van der Waals surface area contributed by atoms with Gasteiger partial charge >= 0.3 is 0 Å². The number of carbonyl (C=O) groups excluding carboxylic acids is 1. The van der Waals surface area contributed by atoms with Gasteiger partial charge in [-0.2, -0.15) is 0 Å². The van der Waals surface area contributed by atoms with Gasteiger partial charge < -0.3 is 10.2 Å². The van der Waals surface area contributed by atoms with Gasteiger partial charge in [0, 0.05) is 31.7 Å². The maximum Gasteiger partial charge on any atom is 0.227 e. The van der Waals surface area contributed by atoms with Gasteiger partial charge in [-0.15, -0.1) is 0 Å². The van der Waals surface area contributed by atoms with E-state index in [1.54, 1.807) is 0 Å². The molecule has 0 aromatic rings. The van der Waals surface area contributed by atoms with Crippen LogP contribution in [0.5, 0.6) is 0 Å². The highest BCUT2D eigenvalue weighted by Crippen LogP contribution is 2.22. The molecule has 0 radical (unpaired) electrons. The Labute approximate surface area is 104 Å². The van der Waals surface area contributed by atoms with Crippen LogP contribution in [-0.2, 0) is 4.79 Å². The van der Waals surface area contributed by atoms with Crippen molar-refractivity contribution in [2.24, 2.45) is 11.8 Å². The molecule has 0 aromatic heterocycles. The van der Waals surface area contributed by atoms with Crippen molar-refractivity contribution in [2.45, 2.75) is 32.9 Å². The molecule has 2 heterocycles. The summed E-state index contributed by atoms with van der Waals surface area (Å²) in [6.07, 6.45) is 0. The third kappa shape index (κ3) is 2.47. The van der Waals surface area contributed by atoms with Gasteiger partial charge in [0.1, 0.15) is 0 Å². The van der Waals surface area contributed by atoms with E-state index in [0.29, 0.717) is 23.9 Å². The van der Waals surface area contributed by atoms with Crippen molar-refractivity contribution in [1.29, 1.82) is 0 Å². The summed E-state index contributed by atoms with van der Waals surface area (Å²) in [7, 11) is 2.15. The summed E-state index contributed by atoms with van der Waals surface area (Å²) in [5.41, 5.74) is 0. The number of nitrogens with zero attached hydrogens (tertiary/aromatic N) is 2. The van der Waals surface area contributed by atoms with Crippen LogP contribution in [0.15, 0.2) is 0 Å². The number of nitrogens with one attached hydrogen (secondary N) is 1. The van der Waals surface area contributed by atoms with Crippen LogP contribution in [-0.4, -0.2) is 61.0 Å². The number of hydrogen-bond donors (Lipinski definition) is 1. The Kier molecular flexibility index (Phi) is 3.73. The first-order valence-electron chi connectivity index (χ1n) is 6.72. The van der Waals surface area contributed by atoms with Crippen LogP contribution < -0.4 is 5.32 Å². The molecule has 0 bridgehead atoms. The lowest BCUT2D eigenvalue weighted by atomic mass is 9.95. The standard InChI is InChI=1S/C13H25N3O/c1-9-5-14-6-12(9)13(17)16-7-10(2)15(4)11(3)8-16/h9-12,14H,5-8H2,1-4H3. The van der Waals surface area contributed by atoms with E-state index < -0.39 is 0 Å². The molecule has 2 saturated heterocycles. The van der Waals surface area contributed by atoms with Crippen molar-refractivity contribution in [2.75, 3.05) is 33.2 Å². The predicted molar refractivity (Wildman–Crippen MR) is 68.8 cm³/mol. The average Bonchev–Trinajstić information content (AvgIpc) is 2.70. The Bertz CT molecular complexity index is 282. The van der Waals surface area contributed by atoms with Crippen LogP contribution in [0.3, 0.4) is 0 Å². The molecule has 2 fully saturated rings. The first-order chi connectivity index (χ1) is 8.00. The lowest BCUT2D eigenvalue weighted by Crippen LogP contribution is -2.57. The molecule has 0 spiro atoms. The van der Waals surface area contributed by atoms with Crippen molar-refractivity contribution in [3.8, 4) is 0 Å². The van der Waals surface area contributed by atoms with Crippen molar-refractivity contribution >= 4 is 5.91 Å². The number of carbonyl (C=O) groups is 1. The number of likely N-dealkylation sites (N-methyl/N-ethyl adjacent to an activating group) is 1. The maximum absolute atomic E-state index is 12.5. The molecule has 0 aliphatic carbocycles. The normalized spacial score (nSPS) is 39.6. The van der Waals surface area contributed by atoms with E-state index in [1.165, 1.54) is 0 Å². The summed E-state index contributed by atoms with van der Waals surface area (Å²) >= 11 is 0. The molecule has 17 heavy (non-hydrogen) atoms. The zero-order valence-corrected chi connectivity index (χ0v) is 11.4. The Balaban J connectivity index is 2.00. The maximum atomic E-state index is 12.5. The largest absolute Gasteiger partial charge is 0.339 e. The Morgan fingerprint density at radius 3 is 2.18 bits per heavy atom. The molecule has 4 nitrogen and oxygen atoms in total. The van der Waals surface area contributed by atoms with Crippen molar-refractivity contribution in [1.82, 2.24) is 15.1 Å². The first-order valence-corrected chi connectivity index (χ1v) is 6.72. The SMILES string of the molecule is CC1CNCC1C(=O)N1CC(C)N(C)C(C)C1. The van der Waals surface area contributed by atoms with Gasteiger partial charge in [-0.05, 0) is 33.4 Å². The summed E-state index contributed by atoms with van der Waals surface area (Å²) in [6, 6.07) is 0.930. The van der Waals surface area contributed by atoms with Crippen molar-refractivity contribution in [3.05, 3.63) is 0 Å². The Morgan fingerprint density at radius 1 is 1.12 bits per heavy atom. The Morgan fingerprint density at radius 2 is 1.71 bits per heavy atom. The van der Waals surface area contributed by atoms with E-state index in [-0.39, 0.29) is 5.92 Å². The third-order valence-corrected chi connectivity index (χ3v) is 4.51. The van der Waals surface area contributed by atoms with Crippen LogP contribution in [0.25, 0.3) is 0 Å². The molecule has 1 amide bonds. The topological polar surface area (TPSA) is 35.6 Å². The molecule has 1 N–H and O–H groups in total. The predicted octanol–water partition coefficient (Wildman–Crippen LogP) is 0.393. The highest BCUT2D eigenvalue weighted by Gasteiger charge is 2.36. The van der Waals surface area contributed by atoms with Gasteiger partial charge in [0.05, 0.1) is 5.92 Å². The Hall–Kier alpha value is -0.610. The lowest BCUT2D eigenvalue weighted by molar-refractivity contribution is -0.140. The summed E-state index contributed by atoms with van der Waals surface area (Å²) in [4.78, 5) is 16.9. The van der Waals surface area contributed by atoms with Gasteiger partial charge in [0.15, 0.2) is 0 Å². The average molecular weight is 239 g/mol. The molecule has 2 aliphatic rings. The zero-order chi connectivity index (χ0) is 12.6. The third-order valence-electron chi connectivity index (χ3n) is 4.51. The minimum Gasteiger partial charge on any atom is -0.339 e. The number of piperazine rings is 1. The molecular formula is C13H25N3O. The van der Waals surface area contributed by atoms with E-state index in [1.807, 2.05) is 0 Å². The smallest absolute Gasteiger partial charge is 0.227 e. The second-order valence-electron chi connectivity index (χ2n) is 5.85. The second-order valence-corrected chi connectivity index (χ2v) is 5.85. The second kappa shape index (κ2) is 4.94.